The topological polar surface area (TPSA) is 113 Å². The van der Waals surface area contributed by atoms with Crippen LogP contribution >= 0.6 is 11.6 Å². The summed E-state index contributed by atoms with van der Waals surface area (Å²) in [6.45, 7) is 17.4. The Bertz CT molecular complexity index is 1440. The van der Waals surface area contributed by atoms with Gasteiger partial charge < -0.3 is 33.7 Å². The van der Waals surface area contributed by atoms with Gasteiger partial charge in [0.05, 0.1) is 35.1 Å². The number of rotatable bonds is 7. The standard InChI is InChI=1S/C34H52BClN4O7/c1-31(2,3)45-30(42)39-17-11-10-16-34(8,22-39)38-29(41)44-19-13-14-23-25(36)20-26-24(21-37-40(26)27-15-9-12-18-43-27)28(23)35-46-32(4,5)33(6,7)47-35/h20-21,27H,9-19,22H2,1-8H3,(H,38,41)/t27?,34-/m1/s1. The molecule has 1 aromatic carbocycles. The number of hydrogen-bond acceptors (Lipinski definition) is 8. The molecule has 1 N–H and O–H groups in total. The highest BCUT2D eigenvalue weighted by molar-refractivity contribution is 6.66. The van der Waals surface area contributed by atoms with E-state index in [4.69, 9.17) is 40.2 Å². The summed E-state index contributed by atoms with van der Waals surface area (Å²) in [6.07, 6.45) is 7.36. The van der Waals surface area contributed by atoms with Crippen LogP contribution in [0.25, 0.3) is 10.9 Å². The highest BCUT2D eigenvalue weighted by Crippen LogP contribution is 2.39. The Labute approximate surface area is 284 Å². The van der Waals surface area contributed by atoms with E-state index in [2.05, 4.69) is 5.32 Å². The Kier molecular flexibility index (Phi) is 10.5. The third-order valence-corrected chi connectivity index (χ3v) is 10.1. The summed E-state index contributed by atoms with van der Waals surface area (Å²) in [7, 11) is -0.645. The molecule has 0 spiro atoms. The molecule has 3 fully saturated rings. The van der Waals surface area contributed by atoms with Crippen molar-refractivity contribution in [1.29, 1.82) is 0 Å². The largest absolute Gasteiger partial charge is 0.495 e. The highest BCUT2D eigenvalue weighted by atomic mass is 35.5. The summed E-state index contributed by atoms with van der Waals surface area (Å²) in [5.41, 5.74) is 0.307. The van der Waals surface area contributed by atoms with Crippen LogP contribution in [0.1, 0.15) is 112 Å². The minimum atomic E-state index is -0.645. The summed E-state index contributed by atoms with van der Waals surface area (Å²) >= 11 is 7.02. The van der Waals surface area contributed by atoms with Gasteiger partial charge in [0.25, 0.3) is 0 Å². The van der Waals surface area contributed by atoms with Gasteiger partial charge in [-0.1, -0.05) is 11.6 Å². The van der Waals surface area contributed by atoms with Gasteiger partial charge in [-0.05, 0) is 124 Å². The van der Waals surface area contributed by atoms with Crippen LogP contribution in [0, 0.1) is 0 Å². The molecular weight excluding hydrogens is 623 g/mol. The fourth-order valence-electron chi connectivity index (χ4n) is 6.53. The first-order valence-electron chi connectivity index (χ1n) is 17.1. The molecule has 0 radical (unpaired) electrons. The quantitative estimate of drug-likeness (QED) is 0.261. The van der Waals surface area contributed by atoms with E-state index in [0.29, 0.717) is 37.6 Å². The molecule has 2 aromatic rings. The van der Waals surface area contributed by atoms with Crippen molar-refractivity contribution in [2.24, 2.45) is 0 Å². The Hall–Kier alpha value is -2.54. The van der Waals surface area contributed by atoms with Gasteiger partial charge in [-0.15, -0.1) is 0 Å². The molecule has 0 bridgehead atoms. The number of hydrogen-bond donors (Lipinski definition) is 1. The van der Waals surface area contributed by atoms with Crippen molar-refractivity contribution in [2.45, 2.75) is 135 Å². The zero-order valence-corrected chi connectivity index (χ0v) is 30.1. The highest BCUT2D eigenvalue weighted by Gasteiger charge is 2.53. The number of benzene rings is 1. The summed E-state index contributed by atoms with van der Waals surface area (Å²) in [6, 6.07) is 1.95. The molecule has 11 nitrogen and oxygen atoms in total. The van der Waals surface area contributed by atoms with Crippen LogP contribution in [0.4, 0.5) is 9.59 Å². The van der Waals surface area contributed by atoms with Crippen LogP contribution < -0.4 is 10.8 Å². The Balaban J connectivity index is 1.28. The molecule has 2 atom stereocenters. The van der Waals surface area contributed by atoms with Crippen molar-refractivity contribution < 1.29 is 33.1 Å². The lowest BCUT2D eigenvalue weighted by molar-refractivity contribution is -0.0366. The lowest BCUT2D eigenvalue weighted by Gasteiger charge is -2.34. The van der Waals surface area contributed by atoms with E-state index in [1.165, 1.54) is 0 Å². The number of halogens is 1. The van der Waals surface area contributed by atoms with Gasteiger partial charge in [-0.25, -0.2) is 14.3 Å². The van der Waals surface area contributed by atoms with Crippen molar-refractivity contribution in [1.82, 2.24) is 20.0 Å². The van der Waals surface area contributed by atoms with Crippen molar-refractivity contribution in [3.05, 3.63) is 22.8 Å². The molecule has 1 aromatic heterocycles. The molecule has 4 heterocycles. The normalized spacial score (nSPS) is 24.7. The van der Waals surface area contributed by atoms with Crippen LogP contribution in [0.3, 0.4) is 0 Å². The molecule has 47 heavy (non-hydrogen) atoms. The second-order valence-electron chi connectivity index (χ2n) is 15.5. The Morgan fingerprint density at radius 2 is 1.83 bits per heavy atom. The number of amides is 2. The van der Waals surface area contributed by atoms with Gasteiger partial charge >= 0.3 is 19.3 Å². The van der Waals surface area contributed by atoms with Gasteiger partial charge in [0.2, 0.25) is 0 Å². The number of fused-ring (bicyclic) bond motifs is 1. The first kappa shape index (κ1) is 35.8. The van der Waals surface area contributed by atoms with Crippen LogP contribution in [0.2, 0.25) is 5.02 Å². The number of alkyl carbamates (subject to hydrolysis) is 1. The molecule has 0 saturated carbocycles. The molecule has 0 aliphatic carbocycles. The van der Waals surface area contributed by atoms with E-state index < -0.39 is 35.6 Å². The van der Waals surface area contributed by atoms with Gasteiger partial charge in [0, 0.05) is 30.1 Å². The van der Waals surface area contributed by atoms with Crippen LogP contribution in [-0.2, 0) is 29.9 Å². The number of ether oxygens (including phenoxy) is 3. The first-order chi connectivity index (χ1) is 22.0. The van der Waals surface area contributed by atoms with Crippen molar-refractivity contribution in [3.63, 3.8) is 0 Å². The van der Waals surface area contributed by atoms with Crippen LogP contribution in [-0.4, -0.2) is 82.6 Å². The molecular formula is C34H52BClN4O7. The van der Waals surface area contributed by atoms with Crippen LogP contribution in [0.15, 0.2) is 12.3 Å². The Morgan fingerprint density at radius 1 is 1.11 bits per heavy atom. The third-order valence-electron chi connectivity index (χ3n) is 9.72. The molecule has 3 aliphatic heterocycles. The predicted octanol–water partition coefficient (Wildman–Crippen LogP) is 6.53. The molecule has 3 saturated heterocycles. The maximum absolute atomic E-state index is 13.0. The number of likely N-dealkylation sites (tertiary alicyclic amines) is 1. The molecule has 13 heteroatoms. The average molecular weight is 675 g/mol. The number of aromatic nitrogens is 2. The van der Waals surface area contributed by atoms with Crippen molar-refractivity contribution in [2.75, 3.05) is 26.3 Å². The lowest BCUT2D eigenvalue weighted by atomic mass is 9.73. The number of nitrogens with zero attached hydrogens (tertiary/aromatic N) is 3. The summed E-state index contributed by atoms with van der Waals surface area (Å²) in [5, 5.41) is 9.26. The maximum Gasteiger partial charge on any atom is 0.495 e. The fraction of sp³-hybridized carbons (Fsp3) is 0.735. The summed E-state index contributed by atoms with van der Waals surface area (Å²) in [5.74, 6) is 0. The molecule has 2 amide bonds. The second kappa shape index (κ2) is 13.8. The van der Waals surface area contributed by atoms with Gasteiger partial charge in [0.15, 0.2) is 6.23 Å². The van der Waals surface area contributed by atoms with E-state index in [9.17, 15) is 9.59 Å². The summed E-state index contributed by atoms with van der Waals surface area (Å²) in [4.78, 5) is 27.5. The number of nitrogens with one attached hydrogen (secondary N) is 1. The lowest BCUT2D eigenvalue weighted by Crippen LogP contribution is -2.54. The molecule has 5 rings (SSSR count). The monoisotopic (exact) mass is 674 g/mol. The predicted molar refractivity (Wildman–Crippen MR) is 182 cm³/mol. The van der Waals surface area contributed by atoms with Gasteiger partial charge in [-0.2, -0.15) is 5.10 Å². The van der Waals surface area contributed by atoms with Gasteiger partial charge in [0.1, 0.15) is 5.60 Å². The molecule has 1 unspecified atom stereocenters. The van der Waals surface area contributed by atoms with Gasteiger partial charge in [-0.3, -0.25) is 0 Å². The van der Waals surface area contributed by atoms with Crippen molar-refractivity contribution in [3.8, 4) is 0 Å². The maximum atomic E-state index is 13.0. The summed E-state index contributed by atoms with van der Waals surface area (Å²) < 4.78 is 32.3. The second-order valence-corrected chi connectivity index (χ2v) is 15.9. The van der Waals surface area contributed by atoms with E-state index in [0.717, 1.165) is 60.5 Å². The van der Waals surface area contributed by atoms with E-state index in [1.807, 2.05) is 72.3 Å². The van der Waals surface area contributed by atoms with E-state index in [1.54, 1.807) is 4.90 Å². The zero-order chi connectivity index (χ0) is 34.2. The SMILES string of the molecule is CC(C)(C)OC(=O)N1CCCC[C@@](C)(NC(=O)OCCCc2c(Cl)cc3c(cnn3C3CCCCO3)c2B2OC(C)(C)C(C)(C)O2)C1. The average Bonchev–Trinajstić information content (AvgIpc) is 3.39. The smallest absolute Gasteiger partial charge is 0.450 e. The first-order valence-corrected chi connectivity index (χ1v) is 17.4. The zero-order valence-electron chi connectivity index (χ0n) is 29.4. The Morgan fingerprint density at radius 3 is 2.49 bits per heavy atom. The molecule has 3 aliphatic rings. The van der Waals surface area contributed by atoms with Crippen LogP contribution in [0.5, 0.6) is 0 Å². The number of carbonyl (C=O) groups excluding carboxylic acids is 2. The van der Waals surface area contributed by atoms with Crippen molar-refractivity contribution >= 4 is 47.3 Å². The number of carbonyl (C=O) groups is 2. The van der Waals surface area contributed by atoms with E-state index in [-0.39, 0.29) is 18.9 Å². The van der Waals surface area contributed by atoms with E-state index >= 15 is 0 Å². The third kappa shape index (κ3) is 8.20. The molecule has 260 valence electrons. The minimum absolute atomic E-state index is 0.146. The fourth-order valence-corrected chi connectivity index (χ4v) is 6.83. The minimum Gasteiger partial charge on any atom is -0.450 e.